The number of ether oxygens (including phenoxy) is 1. The average Bonchev–Trinajstić information content (AvgIpc) is 3.20. The predicted molar refractivity (Wildman–Crippen MR) is 91.1 cm³/mol. The standard InChI is InChI=1S/C18H21N3OS/c1-14-13-23-18(20-14)12-21(11-17-7-4-8-22-17)10-16-6-3-2-5-15(16)9-19/h2-3,5-6,13,17H,4,7-8,10-12H2,1H3. The number of aromatic nitrogens is 1. The molecule has 2 heterocycles. The maximum atomic E-state index is 9.31. The summed E-state index contributed by atoms with van der Waals surface area (Å²) in [4.78, 5) is 6.93. The Bertz CT molecular complexity index is 686. The van der Waals surface area contributed by atoms with Crippen LogP contribution in [0.25, 0.3) is 0 Å². The van der Waals surface area contributed by atoms with Crippen molar-refractivity contribution in [1.29, 1.82) is 5.26 Å². The first kappa shape index (κ1) is 16.1. The van der Waals surface area contributed by atoms with E-state index in [1.165, 1.54) is 0 Å². The number of nitriles is 1. The molecule has 1 saturated heterocycles. The topological polar surface area (TPSA) is 49.2 Å². The number of thiazole rings is 1. The molecule has 2 aromatic rings. The van der Waals surface area contributed by atoms with Crippen LogP contribution < -0.4 is 0 Å². The second-order valence-corrected chi connectivity index (χ2v) is 6.90. The molecule has 1 aromatic carbocycles. The summed E-state index contributed by atoms with van der Waals surface area (Å²) >= 11 is 1.70. The molecule has 0 bridgehead atoms. The van der Waals surface area contributed by atoms with Crippen molar-refractivity contribution in [3.63, 3.8) is 0 Å². The van der Waals surface area contributed by atoms with Crippen molar-refractivity contribution in [3.05, 3.63) is 51.5 Å². The summed E-state index contributed by atoms with van der Waals surface area (Å²) in [5.41, 5.74) is 2.89. The third-order valence-electron chi connectivity index (χ3n) is 4.04. The molecule has 1 atom stereocenters. The molecule has 0 amide bonds. The summed E-state index contributed by atoms with van der Waals surface area (Å²) < 4.78 is 5.80. The summed E-state index contributed by atoms with van der Waals surface area (Å²) in [7, 11) is 0. The van der Waals surface area contributed by atoms with Gasteiger partial charge in [0.1, 0.15) is 5.01 Å². The third-order valence-corrected chi connectivity index (χ3v) is 4.99. The van der Waals surface area contributed by atoms with Gasteiger partial charge in [-0.05, 0) is 31.4 Å². The Morgan fingerprint density at radius 1 is 1.39 bits per heavy atom. The third kappa shape index (κ3) is 4.38. The molecule has 0 aliphatic carbocycles. The van der Waals surface area contributed by atoms with Crippen molar-refractivity contribution < 1.29 is 4.74 Å². The summed E-state index contributed by atoms with van der Waals surface area (Å²) in [6, 6.07) is 10.1. The largest absolute Gasteiger partial charge is 0.377 e. The van der Waals surface area contributed by atoms with Crippen LogP contribution in [0, 0.1) is 18.3 Å². The van der Waals surface area contributed by atoms with E-state index in [1.807, 2.05) is 31.2 Å². The van der Waals surface area contributed by atoms with Gasteiger partial charge in [-0.25, -0.2) is 4.98 Å². The lowest BCUT2D eigenvalue weighted by Gasteiger charge is -2.24. The first-order chi connectivity index (χ1) is 11.2. The van der Waals surface area contributed by atoms with E-state index in [-0.39, 0.29) is 0 Å². The van der Waals surface area contributed by atoms with Crippen molar-refractivity contribution in [2.45, 2.75) is 39.0 Å². The second kappa shape index (κ2) is 7.69. The highest BCUT2D eigenvalue weighted by molar-refractivity contribution is 7.09. The normalized spacial score (nSPS) is 17.5. The minimum absolute atomic E-state index is 0.297. The molecule has 1 aromatic heterocycles. The van der Waals surface area contributed by atoms with Gasteiger partial charge in [-0.1, -0.05) is 18.2 Å². The second-order valence-electron chi connectivity index (χ2n) is 5.96. The van der Waals surface area contributed by atoms with E-state index in [1.54, 1.807) is 11.3 Å². The van der Waals surface area contributed by atoms with Gasteiger partial charge in [-0.3, -0.25) is 4.90 Å². The van der Waals surface area contributed by atoms with E-state index in [2.05, 4.69) is 21.3 Å². The summed E-state index contributed by atoms with van der Waals surface area (Å²) in [5.74, 6) is 0. The van der Waals surface area contributed by atoms with Crippen LogP contribution in [0.4, 0.5) is 0 Å². The van der Waals surface area contributed by atoms with Crippen LogP contribution in [-0.4, -0.2) is 29.1 Å². The van der Waals surface area contributed by atoms with Gasteiger partial charge < -0.3 is 4.74 Å². The van der Waals surface area contributed by atoms with E-state index in [4.69, 9.17) is 4.74 Å². The van der Waals surface area contributed by atoms with E-state index in [0.29, 0.717) is 6.10 Å². The van der Waals surface area contributed by atoms with Gasteiger partial charge in [0.15, 0.2) is 0 Å². The van der Waals surface area contributed by atoms with Gasteiger partial charge in [0.25, 0.3) is 0 Å². The Hall–Kier alpha value is -1.74. The highest BCUT2D eigenvalue weighted by Gasteiger charge is 2.21. The van der Waals surface area contributed by atoms with E-state index >= 15 is 0 Å². The lowest BCUT2D eigenvalue weighted by atomic mass is 10.1. The SMILES string of the molecule is Cc1csc(CN(Cc2ccccc2C#N)CC2CCCO2)n1. The fourth-order valence-electron chi connectivity index (χ4n) is 2.94. The van der Waals surface area contributed by atoms with Crippen LogP contribution in [0.1, 0.15) is 34.7 Å². The summed E-state index contributed by atoms with van der Waals surface area (Å²) in [5, 5.41) is 12.5. The molecular formula is C18H21N3OS. The Balaban J connectivity index is 1.74. The Morgan fingerprint density at radius 3 is 2.96 bits per heavy atom. The number of nitrogens with zero attached hydrogens (tertiary/aromatic N) is 3. The molecule has 0 radical (unpaired) electrons. The van der Waals surface area contributed by atoms with E-state index < -0.39 is 0 Å². The lowest BCUT2D eigenvalue weighted by molar-refractivity contribution is 0.0678. The molecule has 1 unspecified atom stereocenters. The number of hydrogen-bond donors (Lipinski definition) is 0. The van der Waals surface area contributed by atoms with E-state index in [9.17, 15) is 5.26 Å². The highest BCUT2D eigenvalue weighted by atomic mass is 32.1. The van der Waals surface area contributed by atoms with Crippen LogP contribution in [0.3, 0.4) is 0 Å². The molecule has 1 aliphatic rings. The zero-order chi connectivity index (χ0) is 16.1. The van der Waals surface area contributed by atoms with E-state index in [0.717, 1.165) is 60.9 Å². The fourth-order valence-corrected chi connectivity index (χ4v) is 3.75. The van der Waals surface area contributed by atoms with Crippen LogP contribution in [-0.2, 0) is 17.8 Å². The molecule has 1 aliphatic heterocycles. The minimum atomic E-state index is 0.297. The first-order valence-electron chi connectivity index (χ1n) is 7.97. The van der Waals surface area contributed by atoms with Crippen molar-refractivity contribution >= 4 is 11.3 Å². The number of rotatable bonds is 6. The molecule has 0 spiro atoms. The lowest BCUT2D eigenvalue weighted by Crippen LogP contribution is -2.31. The number of aryl methyl sites for hydroxylation is 1. The Labute approximate surface area is 141 Å². The number of hydrogen-bond acceptors (Lipinski definition) is 5. The van der Waals surface area contributed by atoms with Gasteiger partial charge in [-0.2, -0.15) is 5.26 Å². The monoisotopic (exact) mass is 327 g/mol. The van der Waals surface area contributed by atoms with Gasteiger partial charge in [0, 0.05) is 30.8 Å². The quantitative estimate of drug-likeness (QED) is 0.815. The van der Waals surface area contributed by atoms with Gasteiger partial charge in [-0.15, -0.1) is 11.3 Å². The van der Waals surface area contributed by atoms with Crippen LogP contribution in [0.15, 0.2) is 29.6 Å². The first-order valence-corrected chi connectivity index (χ1v) is 8.85. The molecule has 3 rings (SSSR count). The smallest absolute Gasteiger partial charge is 0.107 e. The Kier molecular flexibility index (Phi) is 5.39. The van der Waals surface area contributed by atoms with Crippen molar-refractivity contribution in [2.24, 2.45) is 0 Å². The van der Waals surface area contributed by atoms with Gasteiger partial charge in [0.2, 0.25) is 0 Å². The Morgan fingerprint density at radius 2 is 2.26 bits per heavy atom. The average molecular weight is 327 g/mol. The number of benzene rings is 1. The molecule has 1 fully saturated rings. The fraction of sp³-hybridized carbons (Fsp3) is 0.444. The molecule has 5 heteroatoms. The molecule has 0 saturated carbocycles. The maximum Gasteiger partial charge on any atom is 0.107 e. The maximum absolute atomic E-state index is 9.31. The van der Waals surface area contributed by atoms with Crippen molar-refractivity contribution in [1.82, 2.24) is 9.88 Å². The summed E-state index contributed by atoms with van der Waals surface area (Å²) in [6.07, 6.45) is 2.56. The van der Waals surface area contributed by atoms with Crippen molar-refractivity contribution in [3.8, 4) is 6.07 Å². The zero-order valence-electron chi connectivity index (χ0n) is 13.4. The van der Waals surface area contributed by atoms with Gasteiger partial charge in [0.05, 0.1) is 24.3 Å². The molecule has 23 heavy (non-hydrogen) atoms. The van der Waals surface area contributed by atoms with Crippen LogP contribution in [0.5, 0.6) is 0 Å². The molecule has 4 nitrogen and oxygen atoms in total. The molecular weight excluding hydrogens is 306 g/mol. The van der Waals surface area contributed by atoms with Crippen LogP contribution in [0.2, 0.25) is 0 Å². The zero-order valence-corrected chi connectivity index (χ0v) is 14.2. The minimum Gasteiger partial charge on any atom is -0.377 e. The molecule has 120 valence electrons. The molecule has 0 N–H and O–H groups in total. The van der Waals surface area contributed by atoms with Crippen molar-refractivity contribution in [2.75, 3.05) is 13.2 Å². The van der Waals surface area contributed by atoms with Crippen LogP contribution >= 0.6 is 11.3 Å². The highest BCUT2D eigenvalue weighted by Crippen LogP contribution is 2.20. The summed E-state index contributed by atoms with van der Waals surface area (Å²) in [6.45, 7) is 5.33. The predicted octanol–water partition coefficient (Wildman–Crippen LogP) is 3.50. The van der Waals surface area contributed by atoms with Gasteiger partial charge >= 0.3 is 0 Å².